The van der Waals surface area contributed by atoms with E-state index in [0.29, 0.717) is 0 Å². The molecule has 0 saturated carbocycles. The van der Waals surface area contributed by atoms with Crippen molar-refractivity contribution in [1.82, 2.24) is 9.13 Å². The number of nitrogens with zero attached hydrogens (tertiary/aromatic N) is 2. The minimum absolute atomic E-state index is 0.233. The molecule has 0 fully saturated rings. The molecule has 4 heteroatoms. The van der Waals surface area contributed by atoms with Crippen molar-refractivity contribution in [3.63, 3.8) is 0 Å². The highest BCUT2D eigenvalue weighted by atomic mass is 16.5. The maximum Gasteiger partial charge on any atom is 0.152 e. The average molecular weight is 743 g/mol. The summed E-state index contributed by atoms with van der Waals surface area (Å²) in [5.41, 5.74) is 15.5. The Labute approximate surface area is 334 Å². The van der Waals surface area contributed by atoms with E-state index in [2.05, 4.69) is 173 Å². The predicted octanol–water partition coefficient (Wildman–Crippen LogP) is 14.6. The summed E-state index contributed by atoms with van der Waals surface area (Å²) in [6.07, 6.45) is 7.78. The maximum atomic E-state index is 6.37. The van der Waals surface area contributed by atoms with Crippen LogP contribution in [0.4, 0.5) is 0 Å². The zero-order chi connectivity index (χ0) is 37.9. The van der Waals surface area contributed by atoms with E-state index in [0.717, 1.165) is 51.8 Å². The van der Waals surface area contributed by atoms with E-state index in [4.69, 9.17) is 9.47 Å². The number of ether oxygens (including phenoxy) is 2. The van der Waals surface area contributed by atoms with Crippen molar-refractivity contribution in [1.29, 1.82) is 0 Å². The van der Waals surface area contributed by atoms with Gasteiger partial charge in [-0.2, -0.15) is 0 Å². The largest absolute Gasteiger partial charge is 0.453 e. The van der Waals surface area contributed by atoms with Crippen LogP contribution in [0.25, 0.3) is 82.8 Å². The highest BCUT2D eigenvalue weighted by Crippen LogP contribution is 2.48. The molecule has 1 aliphatic carbocycles. The SMILES string of the molecule is C1=CCC(c2cccc(-c3ccc4c(c3)c3cccc5c3n4-c3ccccc3O5)c2)C(c2cccc(-c3ccc4c(c3)c3cccc5c3n4-c3ccccc3O5)c2)=C1. The lowest BCUT2D eigenvalue weighted by Gasteiger charge is -2.24. The van der Waals surface area contributed by atoms with Gasteiger partial charge in [-0.3, -0.25) is 0 Å². The normalized spacial score (nSPS) is 15.0. The van der Waals surface area contributed by atoms with E-state index in [1.165, 1.54) is 71.5 Å². The van der Waals surface area contributed by atoms with Crippen LogP contribution < -0.4 is 9.47 Å². The van der Waals surface area contributed by atoms with Crippen LogP contribution in [0.3, 0.4) is 0 Å². The molecule has 3 aliphatic rings. The van der Waals surface area contributed by atoms with Crippen molar-refractivity contribution < 1.29 is 9.47 Å². The predicted molar refractivity (Wildman–Crippen MR) is 237 cm³/mol. The Morgan fingerprint density at radius 1 is 0.414 bits per heavy atom. The monoisotopic (exact) mass is 742 g/mol. The Bertz CT molecular complexity index is 3450. The molecule has 2 aromatic heterocycles. The highest BCUT2D eigenvalue weighted by Gasteiger charge is 2.26. The molecule has 272 valence electrons. The molecule has 8 aromatic carbocycles. The van der Waals surface area contributed by atoms with Crippen LogP contribution >= 0.6 is 0 Å². The zero-order valence-corrected chi connectivity index (χ0v) is 31.4. The van der Waals surface area contributed by atoms with Crippen molar-refractivity contribution in [2.24, 2.45) is 0 Å². The Hall–Kier alpha value is -7.56. The average Bonchev–Trinajstić information content (AvgIpc) is 3.81. The molecule has 13 rings (SSSR count). The fourth-order valence-corrected chi connectivity index (χ4v) is 9.85. The van der Waals surface area contributed by atoms with E-state index in [-0.39, 0.29) is 5.92 Å². The summed E-state index contributed by atoms with van der Waals surface area (Å²) in [7, 11) is 0. The summed E-state index contributed by atoms with van der Waals surface area (Å²) < 4.78 is 17.5. The van der Waals surface area contributed by atoms with Crippen LogP contribution in [0.2, 0.25) is 0 Å². The van der Waals surface area contributed by atoms with Crippen LogP contribution in [0.5, 0.6) is 23.0 Å². The number of aromatic nitrogens is 2. The third kappa shape index (κ3) is 4.51. The first-order valence-electron chi connectivity index (χ1n) is 20.0. The summed E-state index contributed by atoms with van der Waals surface area (Å²) in [6, 6.07) is 61.4. The molecule has 2 aliphatic heterocycles. The molecule has 1 unspecified atom stereocenters. The van der Waals surface area contributed by atoms with Gasteiger partial charge in [-0.1, -0.05) is 121 Å². The van der Waals surface area contributed by atoms with Gasteiger partial charge in [0.1, 0.15) is 0 Å². The van der Waals surface area contributed by atoms with E-state index in [1.54, 1.807) is 0 Å². The smallest absolute Gasteiger partial charge is 0.152 e. The molecular weight excluding hydrogens is 709 g/mol. The summed E-state index contributed by atoms with van der Waals surface area (Å²) in [6.45, 7) is 0. The first-order valence-corrected chi connectivity index (χ1v) is 20.0. The first-order chi connectivity index (χ1) is 28.7. The van der Waals surface area contributed by atoms with Crippen LogP contribution in [0, 0.1) is 0 Å². The fraction of sp³-hybridized carbons (Fsp3) is 0.0370. The number of hydrogen-bond acceptors (Lipinski definition) is 2. The highest BCUT2D eigenvalue weighted by molar-refractivity contribution is 6.14. The Kier molecular flexibility index (Phi) is 6.53. The number of rotatable bonds is 4. The minimum Gasteiger partial charge on any atom is -0.453 e. The standard InChI is InChI=1S/C54H34N2O2/c1-2-16-40(38-14-8-12-34(30-38)36-26-28-46-44(32-36)42-18-10-24-52-54(42)56(46)48-20-4-6-22-50(48)58-52)39(15-1)37-13-7-11-33(29-37)35-25-27-45-43(31-35)41-17-9-23-51-53(41)55(45)47-19-3-5-21-49(47)57-51/h1-15,17-32,40H,16H2. The Morgan fingerprint density at radius 2 is 0.931 bits per heavy atom. The molecule has 0 radical (unpaired) electrons. The quantitative estimate of drug-likeness (QED) is 0.180. The van der Waals surface area contributed by atoms with Gasteiger partial charge >= 0.3 is 0 Å². The zero-order valence-electron chi connectivity index (χ0n) is 31.4. The molecule has 0 N–H and O–H groups in total. The van der Waals surface area contributed by atoms with Crippen molar-refractivity contribution in [2.75, 3.05) is 0 Å². The second kappa shape index (κ2) is 12.0. The van der Waals surface area contributed by atoms with E-state index in [1.807, 2.05) is 24.3 Å². The Morgan fingerprint density at radius 3 is 1.57 bits per heavy atom. The molecule has 4 heterocycles. The lowest BCUT2D eigenvalue weighted by atomic mass is 9.80. The molecule has 0 spiro atoms. The van der Waals surface area contributed by atoms with Crippen LogP contribution in [0.1, 0.15) is 23.5 Å². The third-order valence-corrected chi connectivity index (χ3v) is 12.5. The topological polar surface area (TPSA) is 28.3 Å². The number of benzene rings is 8. The van der Waals surface area contributed by atoms with Gasteiger partial charge < -0.3 is 18.6 Å². The second-order valence-corrected chi connectivity index (χ2v) is 15.6. The number of hydrogen-bond donors (Lipinski definition) is 0. The van der Waals surface area contributed by atoms with Crippen molar-refractivity contribution in [2.45, 2.75) is 12.3 Å². The number of allylic oxidation sites excluding steroid dienone is 4. The lowest BCUT2D eigenvalue weighted by molar-refractivity contribution is 0.476. The molecule has 0 amide bonds. The van der Waals surface area contributed by atoms with Gasteiger partial charge in [0.15, 0.2) is 23.0 Å². The summed E-state index contributed by atoms with van der Waals surface area (Å²) >= 11 is 0. The van der Waals surface area contributed by atoms with E-state index < -0.39 is 0 Å². The molecule has 58 heavy (non-hydrogen) atoms. The molecule has 4 nitrogen and oxygen atoms in total. The van der Waals surface area contributed by atoms with Gasteiger partial charge in [-0.05, 0) is 112 Å². The van der Waals surface area contributed by atoms with Gasteiger partial charge in [0.05, 0.1) is 33.4 Å². The summed E-state index contributed by atoms with van der Waals surface area (Å²) in [5.74, 6) is 3.79. The van der Waals surface area contributed by atoms with Gasteiger partial charge in [0, 0.05) is 27.5 Å². The van der Waals surface area contributed by atoms with Crippen molar-refractivity contribution in [3.05, 3.63) is 199 Å². The van der Waals surface area contributed by atoms with Crippen LogP contribution in [0.15, 0.2) is 188 Å². The maximum absolute atomic E-state index is 6.37. The molecule has 1 atom stereocenters. The van der Waals surface area contributed by atoms with Gasteiger partial charge in [0.25, 0.3) is 0 Å². The lowest BCUT2D eigenvalue weighted by Crippen LogP contribution is -2.04. The number of fused-ring (bicyclic) bond motifs is 10. The van der Waals surface area contributed by atoms with Gasteiger partial charge in [-0.25, -0.2) is 0 Å². The van der Waals surface area contributed by atoms with Crippen molar-refractivity contribution >= 4 is 49.2 Å². The van der Waals surface area contributed by atoms with Crippen LogP contribution in [-0.4, -0.2) is 9.13 Å². The molecule has 0 bridgehead atoms. The van der Waals surface area contributed by atoms with E-state index >= 15 is 0 Å². The molecule has 10 aromatic rings. The van der Waals surface area contributed by atoms with Gasteiger partial charge in [0.2, 0.25) is 0 Å². The minimum atomic E-state index is 0.233. The molecule has 0 saturated heterocycles. The van der Waals surface area contributed by atoms with Crippen LogP contribution in [-0.2, 0) is 0 Å². The fourth-order valence-electron chi connectivity index (χ4n) is 9.85. The first kappa shape index (κ1) is 31.6. The van der Waals surface area contributed by atoms with E-state index in [9.17, 15) is 0 Å². The van der Waals surface area contributed by atoms with Crippen molar-refractivity contribution in [3.8, 4) is 56.6 Å². The second-order valence-electron chi connectivity index (χ2n) is 15.6. The summed E-state index contributed by atoms with van der Waals surface area (Å²) in [4.78, 5) is 0. The summed E-state index contributed by atoms with van der Waals surface area (Å²) in [5, 5.41) is 4.86. The Balaban J connectivity index is 0.871. The third-order valence-electron chi connectivity index (χ3n) is 12.5. The van der Waals surface area contributed by atoms with Gasteiger partial charge in [-0.15, -0.1) is 0 Å². The molecular formula is C54H34N2O2. The number of para-hydroxylation sites is 6.